The number of aryl methyl sites for hydroxylation is 1. The van der Waals surface area contributed by atoms with Crippen LogP contribution >= 0.6 is 0 Å². The quantitative estimate of drug-likeness (QED) is 0.696. The van der Waals surface area contributed by atoms with Gasteiger partial charge < -0.3 is 0 Å². The minimum Gasteiger partial charge on any atom is -0.294 e. The van der Waals surface area contributed by atoms with Crippen LogP contribution in [0.3, 0.4) is 0 Å². The first-order chi connectivity index (χ1) is 8.83. The molecule has 1 aromatic rings. The fraction of sp³-hybridized carbons (Fsp3) is 0.647. The van der Waals surface area contributed by atoms with E-state index in [1.807, 2.05) is 12.3 Å². The standard InChI is InChI=1S/C17H27NO/c1-6-14-12-18-10-9-15(14)16(19)8-7-13(2)11-17(3,4)5/h9-10,12-13H,6-8,11H2,1-5H3. The van der Waals surface area contributed by atoms with E-state index in [-0.39, 0.29) is 5.78 Å². The SMILES string of the molecule is CCc1cnccc1C(=O)CCC(C)CC(C)(C)C. The van der Waals surface area contributed by atoms with Crippen molar-refractivity contribution in [2.24, 2.45) is 11.3 Å². The van der Waals surface area contributed by atoms with Crippen molar-refractivity contribution < 1.29 is 4.79 Å². The Balaban J connectivity index is 2.56. The normalized spacial score (nSPS) is 13.3. The van der Waals surface area contributed by atoms with Crippen LogP contribution < -0.4 is 0 Å². The summed E-state index contributed by atoms with van der Waals surface area (Å²) in [6, 6.07) is 1.86. The Morgan fingerprint density at radius 3 is 2.63 bits per heavy atom. The van der Waals surface area contributed by atoms with Crippen molar-refractivity contribution >= 4 is 5.78 Å². The van der Waals surface area contributed by atoms with Crippen molar-refractivity contribution in [1.82, 2.24) is 4.98 Å². The van der Waals surface area contributed by atoms with Gasteiger partial charge in [0.05, 0.1) is 0 Å². The number of aromatic nitrogens is 1. The molecule has 0 amide bonds. The summed E-state index contributed by atoms with van der Waals surface area (Å²) in [5.74, 6) is 0.857. The third kappa shape index (κ3) is 5.54. The summed E-state index contributed by atoms with van der Waals surface area (Å²) in [5.41, 5.74) is 2.27. The number of carbonyl (C=O) groups is 1. The maximum atomic E-state index is 12.3. The minimum absolute atomic E-state index is 0.264. The van der Waals surface area contributed by atoms with Gasteiger partial charge in [0.2, 0.25) is 0 Å². The molecular weight excluding hydrogens is 234 g/mol. The zero-order chi connectivity index (χ0) is 14.5. The second-order valence-electron chi connectivity index (χ2n) is 6.72. The van der Waals surface area contributed by atoms with Crippen LogP contribution in [0.4, 0.5) is 0 Å². The molecule has 0 aliphatic heterocycles. The summed E-state index contributed by atoms with van der Waals surface area (Å²) in [6.45, 7) is 11.1. The number of hydrogen-bond donors (Lipinski definition) is 0. The summed E-state index contributed by atoms with van der Waals surface area (Å²) < 4.78 is 0. The van der Waals surface area contributed by atoms with Crippen LogP contribution in [0.5, 0.6) is 0 Å². The predicted molar refractivity (Wildman–Crippen MR) is 80.4 cm³/mol. The zero-order valence-electron chi connectivity index (χ0n) is 13.0. The maximum absolute atomic E-state index is 12.3. The van der Waals surface area contributed by atoms with Crippen molar-refractivity contribution in [2.75, 3.05) is 0 Å². The molecule has 1 rings (SSSR count). The van der Waals surface area contributed by atoms with Crippen molar-refractivity contribution in [3.05, 3.63) is 29.6 Å². The summed E-state index contributed by atoms with van der Waals surface area (Å²) >= 11 is 0. The van der Waals surface area contributed by atoms with Crippen LogP contribution in [-0.2, 0) is 6.42 Å². The molecule has 106 valence electrons. The van der Waals surface area contributed by atoms with Crippen LogP contribution in [0.2, 0.25) is 0 Å². The van der Waals surface area contributed by atoms with Crippen molar-refractivity contribution in [3.8, 4) is 0 Å². The third-order valence-corrected chi connectivity index (χ3v) is 3.41. The van der Waals surface area contributed by atoms with Crippen LogP contribution in [0.15, 0.2) is 18.5 Å². The first-order valence-electron chi connectivity index (χ1n) is 7.29. The van der Waals surface area contributed by atoms with E-state index in [9.17, 15) is 4.79 Å². The van der Waals surface area contributed by atoms with E-state index in [0.717, 1.165) is 30.4 Å². The van der Waals surface area contributed by atoms with E-state index in [1.54, 1.807) is 6.20 Å². The lowest BCUT2D eigenvalue weighted by Crippen LogP contribution is -2.13. The average Bonchev–Trinajstić information content (AvgIpc) is 2.33. The highest BCUT2D eigenvalue weighted by atomic mass is 16.1. The molecule has 0 aromatic carbocycles. The molecule has 1 aromatic heterocycles. The summed E-state index contributed by atoms with van der Waals surface area (Å²) in [6.07, 6.45) is 7.18. The van der Waals surface area contributed by atoms with Gasteiger partial charge in [-0.15, -0.1) is 0 Å². The molecule has 0 saturated carbocycles. The van der Waals surface area contributed by atoms with Gasteiger partial charge in [-0.25, -0.2) is 0 Å². The fourth-order valence-electron chi connectivity index (χ4n) is 2.64. The van der Waals surface area contributed by atoms with Crippen LogP contribution in [0.25, 0.3) is 0 Å². The smallest absolute Gasteiger partial charge is 0.163 e. The Hall–Kier alpha value is -1.18. The lowest BCUT2D eigenvalue weighted by Gasteiger charge is -2.23. The van der Waals surface area contributed by atoms with E-state index < -0.39 is 0 Å². The van der Waals surface area contributed by atoms with Crippen molar-refractivity contribution in [3.63, 3.8) is 0 Å². The predicted octanol–water partition coefficient (Wildman–Crippen LogP) is 4.68. The van der Waals surface area contributed by atoms with Gasteiger partial charge in [0.25, 0.3) is 0 Å². The van der Waals surface area contributed by atoms with Gasteiger partial charge in [-0.2, -0.15) is 0 Å². The molecule has 1 atom stereocenters. The minimum atomic E-state index is 0.264. The second-order valence-corrected chi connectivity index (χ2v) is 6.72. The number of nitrogens with zero attached hydrogens (tertiary/aromatic N) is 1. The Labute approximate surface area is 117 Å². The highest BCUT2D eigenvalue weighted by Gasteiger charge is 2.17. The maximum Gasteiger partial charge on any atom is 0.163 e. The van der Waals surface area contributed by atoms with Gasteiger partial charge in [-0.3, -0.25) is 9.78 Å². The van der Waals surface area contributed by atoms with Crippen LogP contribution in [-0.4, -0.2) is 10.8 Å². The number of carbonyl (C=O) groups excluding carboxylic acids is 1. The van der Waals surface area contributed by atoms with E-state index in [0.29, 0.717) is 17.8 Å². The zero-order valence-corrected chi connectivity index (χ0v) is 13.0. The fourth-order valence-corrected chi connectivity index (χ4v) is 2.64. The van der Waals surface area contributed by atoms with E-state index in [2.05, 4.69) is 39.6 Å². The Kier molecular flexibility index (Phi) is 5.71. The molecule has 2 nitrogen and oxygen atoms in total. The van der Waals surface area contributed by atoms with Crippen LogP contribution in [0, 0.1) is 11.3 Å². The van der Waals surface area contributed by atoms with E-state index >= 15 is 0 Å². The largest absolute Gasteiger partial charge is 0.294 e. The summed E-state index contributed by atoms with van der Waals surface area (Å²) in [5, 5.41) is 0. The number of hydrogen-bond acceptors (Lipinski definition) is 2. The molecule has 0 aliphatic carbocycles. The molecule has 0 N–H and O–H groups in total. The van der Waals surface area contributed by atoms with Gasteiger partial charge >= 0.3 is 0 Å². The van der Waals surface area contributed by atoms with Gasteiger partial charge in [-0.1, -0.05) is 34.6 Å². The lowest BCUT2D eigenvalue weighted by atomic mass is 9.83. The van der Waals surface area contributed by atoms with Crippen LogP contribution in [0.1, 0.15) is 69.8 Å². The molecule has 0 radical (unpaired) electrons. The molecule has 0 bridgehead atoms. The Bertz CT molecular complexity index is 418. The number of pyridine rings is 1. The molecule has 1 unspecified atom stereocenters. The molecule has 0 saturated heterocycles. The average molecular weight is 261 g/mol. The molecular formula is C17H27NO. The molecule has 0 spiro atoms. The Morgan fingerprint density at radius 2 is 2.05 bits per heavy atom. The second kappa shape index (κ2) is 6.83. The number of Topliss-reactive ketones (excluding diaryl/α,β-unsaturated/α-hetero) is 1. The molecule has 1 heterocycles. The van der Waals surface area contributed by atoms with Crippen molar-refractivity contribution in [1.29, 1.82) is 0 Å². The first kappa shape index (κ1) is 15.9. The number of rotatable bonds is 6. The molecule has 19 heavy (non-hydrogen) atoms. The first-order valence-corrected chi connectivity index (χ1v) is 7.29. The highest BCUT2D eigenvalue weighted by molar-refractivity contribution is 5.97. The molecule has 0 fully saturated rings. The highest BCUT2D eigenvalue weighted by Crippen LogP contribution is 2.27. The van der Waals surface area contributed by atoms with Gasteiger partial charge in [0.15, 0.2) is 5.78 Å². The third-order valence-electron chi connectivity index (χ3n) is 3.41. The Morgan fingerprint density at radius 1 is 1.37 bits per heavy atom. The van der Waals surface area contributed by atoms with Gasteiger partial charge in [-0.05, 0) is 42.2 Å². The number of ketones is 1. The van der Waals surface area contributed by atoms with E-state index in [1.165, 1.54) is 0 Å². The topological polar surface area (TPSA) is 30.0 Å². The van der Waals surface area contributed by atoms with Gasteiger partial charge in [0.1, 0.15) is 0 Å². The van der Waals surface area contributed by atoms with E-state index in [4.69, 9.17) is 0 Å². The monoisotopic (exact) mass is 261 g/mol. The lowest BCUT2D eigenvalue weighted by molar-refractivity contribution is 0.0969. The van der Waals surface area contributed by atoms with Crippen molar-refractivity contribution in [2.45, 2.75) is 60.3 Å². The molecule has 0 aliphatic rings. The summed E-state index contributed by atoms with van der Waals surface area (Å²) in [7, 11) is 0. The van der Waals surface area contributed by atoms with Gasteiger partial charge in [0, 0.05) is 24.4 Å². The summed E-state index contributed by atoms with van der Waals surface area (Å²) in [4.78, 5) is 16.4. The molecule has 2 heteroatoms.